The van der Waals surface area contributed by atoms with Crippen LogP contribution >= 0.6 is 11.6 Å². The molecular formula is C14H17ClN4O. The molecule has 0 aliphatic rings. The van der Waals surface area contributed by atoms with Crippen LogP contribution in [-0.2, 0) is 12.8 Å². The van der Waals surface area contributed by atoms with Crippen LogP contribution in [0.5, 0.6) is 0 Å². The molecule has 20 heavy (non-hydrogen) atoms. The van der Waals surface area contributed by atoms with E-state index < -0.39 is 0 Å². The van der Waals surface area contributed by atoms with Crippen molar-refractivity contribution in [1.82, 2.24) is 15.2 Å². The van der Waals surface area contributed by atoms with Gasteiger partial charge in [0.15, 0.2) is 0 Å². The van der Waals surface area contributed by atoms with Crippen LogP contribution in [0.25, 0.3) is 0 Å². The molecule has 0 radical (unpaired) electrons. The SMILES string of the molecule is CCCc1cc(C(=O)Nc2[nH]ncc2CC)cc(Cl)n1. The summed E-state index contributed by atoms with van der Waals surface area (Å²) in [6.45, 7) is 4.06. The summed E-state index contributed by atoms with van der Waals surface area (Å²) < 4.78 is 0. The summed E-state index contributed by atoms with van der Waals surface area (Å²) >= 11 is 5.96. The summed E-state index contributed by atoms with van der Waals surface area (Å²) in [5, 5.41) is 9.85. The molecule has 1 amide bonds. The first-order chi connectivity index (χ1) is 9.63. The Balaban J connectivity index is 2.20. The fourth-order valence-corrected chi connectivity index (χ4v) is 2.17. The van der Waals surface area contributed by atoms with Crippen molar-refractivity contribution < 1.29 is 4.79 Å². The third-order valence-corrected chi connectivity index (χ3v) is 3.15. The molecule has 2 rings (SSSR count). The molecule has 0 unspecified atom stereocenters. The van der Waals surface area contributed by atoms with E-state index >= 15 is 0 Å². The summed E-state index contributed by atoms with van der Waals surface area (Å²) in [7, 11) is 0. The minimum absolute atomic E-state index is 0.217. The van der Waals surface area contributed by atoms with E-state index in [1.807, 2.05) is 6.92 Å². The van der Waals surface area contributed by atoms with Gasteiger partial charge in [0.05, 0.1) is 6.20 Å². The van der Waals surface area contributed by atoms with Gasteiger partial charge in [0.2, 0.25) is 0 Å². The maximum atomic E-state index is 12.2. The van der Waals surface area contributed by atoms with Crippen molar-refractivity contribution in [2.45, 2.75) is 33.1 Å². The lowest BCUT2D eigenvalue weighted by Gasteiger charge is -2.07. The van der Waals surface area contributed by atoms with Crippen molar-refractivity contribution >= 4 is 23.3 Å². The van der Waals surface area contributed by atoms with Gasteiger partial charge in [-0.25, -0.2) is 4.98 Å². The highest BCUT2D eigenvalue weighted by Crippen LogP contribution is 2.16. The number of aromatic nitrogens is 3. The highest BCUT2D eigenvalue weighted by molar-refractivity contribution is 6.29. The number of aryl methyl sites for hydroxylation is 2. The molecule has 2 aromatic heterocycles. The van der Waals surface area contributed by atoms with Crippen LogP contribution < -0.4 is 5.32 Å². The third-order valence-electron chi connectivity index (χ3n) is 2.95. The van der Waals surface area contributed by atoms with Crippen molar-refractivity contribution in [2.75, 3.05) is 5.32 Å². The van der Waals surface area contributed by atoms with E-state index in [4.69, 9.17) is 11.6 Å². The Morgan fingerprint density at radius 1 is 1.40 bits per heavy atom. The molecule has 0 atom stereocenters. The Bertz CT molecular complexity index is 609. The molecule has 0 fully saturated rings. The second-order valence-corrected chi connectivity index (χ2v) is 4.89. The number of rotatable bonds is 5. The second kappa shape index (κ2) is 6.52. The molecule has 0 saturated heterocycles. The lowest BCUT2D eigenvalue weighted by molar-refractivity contribution is 0.102. The van der Waals surface area contributed by atoms with Crippen LogP contribution in [0.3, 0.4) is 0 Å². The average molecular weight is 293 g/mol. The number of carbonyl (C=O) groups excluding carboxylic acids is 1. The first-order valence-corrected chi connectivity index (χ1v) is 7.01. The number of hydrogen-bond donors (Lipinski definition) is 2. The number of amides is 1. The molecule has 2 N–H and O–H groups in total. The van der Waals surface area contributed by atoms with Gasteiger partial charge in [-0.15, -0.1) is 0 Å². The Morgan fingerprint density at radius 3 is 2.90 bits per heavy atom. The number of halogens is 1. The Labute approximate surface area is 122 Å². The van der Waals surface area contributed by atoms with E-state index in [0.717, 1.165) is 30.5 Å². The molecule has 0 aliphatic heterocycles. The van der Waals surface area contributed by atoms with Gasteiger partial charge in [0, 0.05) is 16.8 Å². The van der Waals surface area contributed by atoms with Crippen LogP contribution in [0, 0.1) is 0 Å². The molecule has 0 bridgehead atoms. The lowest BCUT2D eigenvalue weighted by Crippen LogP contribution is -2.14. The largest absolute Gasteiger partial charge is 0.307 e. The van der Waals surface area contributed by atoms with Crippen LogP contribution in [0.15, 0.2) is 18.3 Å². The number of aromatic amines is 1. The highest BCUT2D eigenvalue weighted by Gasteiger charge is 2.12. The van der Waals surface area contributed by atoms with Gasteiger partial charge in [-0.05, 0) is 25.0 Å². The predicted molar refractivity (Wildman–Crippen MR) is 79.2 cm³/mol. The van der Waals surface area contributed by atoms with E-state index in [2.05, 4.69) is 27.4 Å². The maximum absolute atomic E-state index is 12.2. The summed E-state index contributed by atoms with van der Waals surface area (Å²) in [4.78, 5) is 16.4. The fraction of sp³-hybridized carbons (Fsp3) is 0.357. The average Bonchev–Trinajstić information content (AvgIpc) is 2.85. The first-order valence-electron chi connectivity index (χ1n) is 6.64. The zero-order valence-electron chi connectivity index (χ0n) is 11.5. The minimum Gasteiger partial charge on any atom is -0.307 e. The van der Waals surface area contributed by atoms with Crippen LogP contribution in [0.4, 0.5) is 5.82 Å². The predicted octanol–water partition coefficient (Wildman–Crippen LogP) is 3.23. The van der Waals surface area contributed by atoms with Crippen molar-refractivity contribution in [3.8, 4) is 0 Å². The number of carbonyl (C=O) groups is 1. The van der Waals surface area contributed by atoms with E-state index in [-0.39, 0.29) is 5.91 Å². The number of anilines is 1. The van der Waals surface area contributed by atoms with Gasteiger partial charge in [-0.1, -0.05) is 31.9 Å². The van der Waals surface area contributed by atoms with E-state index in [1.54, 1.807) is 18.3 Å². The molecule has 2 aromatic rings. The molecule has 2 heterocycles. The van der Waals surface area contributed by atoms with E-state index in [1.165, 1.54) is 0 Å². The number of pyridine rings is 1. The molecule has 0 spiro atoms. The maximum Gasteiger partial charge on any atom is 0.256 e. The Morgan fingerprint density at radius 2 is 2.20 bits per heavy atom. The quantitative estimate of drug-likeness (QED) is 0.831. The van der Waals surface area contributed by atoms with Crippen molar-refractivity contribution in [3.63, 3.8) is 0 Å². The van der Waals surface area contributed by atoms with Gasteiger partial charge in [-0.2, -0.15) is 5.10 Å². The number of nitrogens with one attached hydrogen (secondary N) is 2. The normalized spacial score (nSPS) is 10.6. The van der Waals surface area contributed by atoms with Gasteiger partial charge in [0.1, 0.15) is 11.0 Å². The summed E-state index contributed by atoms with van der Waals surface area (Å²) in [5.41, 5.74) is 2.29. The third kappa shape index (κ3) is 3.36. The minimum atomic E-state index is -0.217. The summed E-state index contributed by atoms with van der Waals surface area (Å²) in [6.07, 6.45) is 4.25. The van der Waals surface area contributed by atoms with Crippen LogP contribution in [0.2, 0.25) is 5.15 Å². The van der Waals surface area contributed by atoms with Crippen LogP contribution in [-0.4, -0.2) is 21.1 Å². The number of nitrogens with zero attached hydrogens (tertiary/aromatic N) is 2. The first kappa shape index (κ1) is 14.5. The second-order valence-electron chi connectivity index (χ2n) is 4.50. The lowest BCUT2D eigenvalue weighted by atomic mass is 10.1. The van der Waals surface area contributed by atoms with Gasteiger partial charge >= 0.3 is 0 Å². The van der Waals surface area contributed by atoms with Crippen LogP contribution in [0.1, 0.15) is 41.9 Å². The molecule has 0 aliphatic carbocycles. The zero-order chi connectivity index (χ0) is 14.5. The zero-order valence-corrected chi connectivity index (χ0v) is 12.3. The van der Waals surface area contributed by atoms with Crippen molar-refractivity contribution in [2.24, 2.45) is 0 Å². The molecule has 6 heteroatoms. The monoisotopic (exact) mass is 292 g/mol. The molecule has 0 saturated carbocycles. The van der Waals surface area contributed by atoms with Crippen molar-refractivity contribution in [3.05, 3.63) is 40.3 Å². The topological polar surface area (TPSA) is 70.7 Å². The number of H-pyrrole nitrogens is 1. The highest BCUT2D eigenvalue weighted by atomic mass is 35.5. The number of hydrogen-bond acceptors (Lipinski definition) is 3. The Kier molecular flexibility index (Phi) is 4.74. The summed E-state index contributed by atoms with van der Waals surface area (Å²) in [5.74, 6) is 0.410. The van der Waals surface area contributed by atoms with Gasteiger partial charge in [-0.3, -0.25) is 9.89 Å². The molecular weight excluding hydrogens is 276 g/mol. The molecule has 0 aromatic carbocycles. The smallest absolute Gasteiger partial charge is 0.256 e. The fourth-order valence-electron chi connectivity index (χ4n) is 1.94. The van der Waals surface area contributed by atoms with Crippen molar-refractivity contribution in [1.29, 1.82) is 0 Å². The standard InChI is InChI=1S/C14H17ClN4O/c1-3-5-11-6-10(7-12(15)17-11)14(20)18-13-9(4-2)8-16-19-13/h6-8H,3-5H2,1-2H3,(H2,16,18,19,20). The van der Waals surface area contributed by atoms with E-state index in [0.29, 0.717) is 16.5 Å². The Hall–Kier alpha value is -1.88. The summed E-state index contributed by atoms with van der Waals surface area (Å²) in [6, 6.07) is 3.34. The van der Waals surface area contributed by atoms with Gasteiger partial charge < -0.3 is 5.32 Å². The molecule has 5 nitrogen and oxygen atoms in total. The van der Waals surface area contributed by atoms with E-state index in [9.17, 15) is 4.79 Å². The van der Waals surface area contributed by atoms with Gasteiger partial charge in [0.25, 0.3) is 5.91 Å². The molecule has 106 valence electrons.